The largest absolute Gasteiger partial charge is 0.632 e. The lowest BCUT2D eigenvalue weighted by atomic mass is 10.1. The summed E-state index contributed by atoms with van der Waals surface area (Å²) in [5.41, 5.74) is 1.98. The van der Waals surface area contributed by atoms with Crippen molar-refractivity contribution >= 4 is 11.6 Å². The first-order valence-electron chi connectivity index (χ1n) is 7.72. The van der Waals surface area contributed by atoms with Crippen LogP contribution in [0.5, 0.6) is 5.75 Å². The van der Waals surface area contributed by atoms with Gasteiger partial charge in [-0.25, -0.2) is 0 Å². The number of hydrogen-bond donors (Lipinski definition) is 0. The van der Waals surface area contributed by atoms with E-state index in [2.05, 4.69) is 0 Å². The zero-order valence-corrected chi connectivity index (χ0v) is 13.0. The lowest BCUT2D eigenvalue weighted by Crippen LogP contribution is -2.45. The van der Waals surface area contributed by atoms with Crippen LogP contribution in [0, 0.1) is 5.21 Å². The van der Waals surface area contributed by atoms with Crippen molar-refractivity contribution in [3.63, 3.8) is 0 Å². The minimum atomic E-state index is -0.250. The maximum absolute atomic E-state index is 13.4. The number of quaternary nitrogens is 1. The first-order chi connectivity index (χ1) is 10.6. The van der Waals surface area contributed by atoms with Gasteiger partial charge in [0.05, 0.1) is 6.04 Å². The number of rotatable bonds is 2. The maximum atomic E-state index is 13.4. The van der Waals surface area contributed by atoms with Gasteiger partial charge in [-0.15, -0.1) is 0 Å². The van der Waals surface area contributed by atoms with Gasteiger partial charge in [0, 0.05) is 23.4 Å². The van der Waals surface area contributed by atoms with Crippen molar-refractivity contribution in [2.45, 2.75) is 31.5 Å². The molecule has 2 aliphatic rings. The van der Waals surface area contributed by atoms with Crippen LogP contribution in [-0.4, -0.2) is 17.2 Å². The van der Waals surface area contributed by atoms with E-state index in [4.69, 9.17) is 16.3 Å². The lowest BCUT2D eigenvalue weighted by Gasteiger charge is -2.43. The van der Waals surface area contributed by atoms with Crippen molar-refractivity contribution in [2.75, 3.05) is 6.54 Å². The van der Waals surface area contributed by atoms with Crippen molar-refractivity contribution < 1.29 is 9.38 Å². The molecule has 0 spiro atoms. The molecule has 2 aromatic carbocycles. The van der Waals surface area contributed by atoms with E-state index >= 15 is 0 Å². The Morgan fingerprint density at radius 1 is 1.09 bits per heavy atom. The number of benzene rings is 2. The van der Waals surface area contributed by atoms with E-state index in [-0.39, 0.29) is 16.8 Å². The predicted octanol–water partition coefficient (Wildman–Crippen LogP) is 4.45. The van der Waals surface area contributed by atoms with Crippen LogP contribution < -0.4 is 4.74 Å². The molecule has 114 valence electrons. The smallest absolute Gasteiger partial charge is 0.173 e. The SMILES string of the molecule is [O-][N+]1(C2CC2)Cc2ccccc2OC(c2cccc(Cl)c2)C1. The van der Waals surface area contributed by atoms with Crippen molar-refractivity contribution in [1.29, 1.82) is 0 Å². The summed E-state index contributed by atoms with van der Waals surface area (Å²) in [6.45, 7) is 0.942. The molecule has 0 saturated heterocycles. The second-order valence-electron chi connectivity index (χ2n) is 6.29. The average Bonchev–Trinajstić information content (AvgIpc) is 3.33. The van der Waals surface area contributed by atoms with Gasteiger partial charge in [0.25, 0.3) is 0 Å². The molecule has 0 N–H and O–H groups in total. The van der Waals surface area contributed by atoms with Crippen LogP contribution in [0.1, 0.15) is 30.1 Å². The molecule has 0 bridgehead atoms. The van der Waals surface area contributed by atoms with E-state index < -0.39 is 0 Å². The molecule has 1 heterocycles. The molecule has 0 amide bonds. The number of fused-ring (bicyclic) bond motifs is 1. The standard InChI is InChI=1S/C18H18ClNO2/c19-15-6-3-5-13(10-15)18-12-20(21,16-8-9-16)11-14-4-1-2-7-17(14)22-18/h1-7,10,16,18H,8-9,11-12H2. The van der Waals surface area contributed by atoms with Crippen LogP contribution in [0.4, 0.5) is 0 Å². The molecule has 4 rings (SSSR count). The lowest BCUT2D eigenvalue weighted by molar-refractivity contribution is -0.906. The van der Waals surface area contributed by atoms with Gasteiger partial charge < -0.3 is 14.6 Å². The van der Waals surface area contributed by atoms with Gasteiger partial charge >= 0.3 is 0 Å². The molecule has 2 aromatic rings. The van der Waals surface area contributed by atoms with Gasteiger partial charge in [-0.3, -0.25) is 0 Å². The molecule has 1 saturated carbocycles. The number of halogens is 1. The molecular weight excluding hydrogens is 298 g/mol. The number of hydrogen-bond acceptors (Lipinski definition) is 2. The molecule has 4 heteroatoms. The van der Waals surface area contributed by atoms with E-state index in [0.717, 1.165) is 29.7 Å². The Balaban J connectivity index is 1.75. The third kappa shape index (κ3) is 2.60. The summed E-state index contributed by atoms with van der Waals surface area (Å²) in [5.74, 6) is 0.823. The summed E-state index contributed by atoms with van der Waals surface area (Å²) < 4.78 is 6.01. The second kappa shape index (κ2) is 5.27. The van der Waals surface area contributed by atoms with E-state index in [1.807, 2.05) is 48.5 Å². The first kappa shape index (κ1) is 14.1. The molecule has 0 aromatic heterocycles. The minimum Gasteiger partial charge on any atom is -0.632 e. The monoisotopic (exact) mass is 315 g/mol. The van der Waals surface area contributed by atoms with Crippen LogP contribution in [0.15, 0.2) is 48.5 Å². The van der Waals surface area contributed by atoms with Crippen LogP contribution >= 0.6 is 11.6 Å². The van der Waals surface area contributed by atoms with Crippen molar-refractivity contribution in [3.8, 4) is 5.75 Å². The Bertz CT molecular complexity index is 701. The topological polar surface area (TPSA) is 32.3 Å². The molecule has 1 aliphatic carbocycles. The Morgan fingerprint density at radius 2 is 1.91 bits per heavy atom. The minimum absolute atomic E-state index is 0.186. The fraction of sp³-hybridized carbons (Fsp3) is 0.333. The molecule has 22 heavy (non-hydrogen) atoms. The zero-order chi connectivity index (χ0) is 15.2. The quantitative estimate of drug-likeness (QED) is 0.606. The number of nitrogens with zero attached hydrogens (tertiary/aromatic N) is 1. The Kier molecular flexibility index (Phi) is 3.37. The van der Waals surface area contributed by atoms with E-state index in [1.54, 1.807) is 0 Å². The van der Waals surface area contributed by atoms with Crippen LogP contribution in [-0.2, 0) is 6.54 Å². The van der Waals surface area contributed by atoms with E-state index in [1.165, 1.54) is 0 Å². The first-order valence-corrected chi connectivity index (χ1v) is 8.10. The highest BCUT2D eigenvalue weighted by Gasteiger charge is 2.43. The highest BCUT2D eigenvalue weighted by Crippen LogP contribution is 2.42. The highest BCUT2D eigenvalue weighted by molar-refractivity contribution is 6.30. The number of ether oxygens (including phenoxy) is 1. The summed E-state index contributed by atoms with van der Waals surface area (Å²) in [5, 5.41) is 14.0. The van der Waals surface area contributed by atoms with Crippen LogP contribution in [0.25, 0.3) is 0 Å². The molecule has 0 radical (unpaired) electrons. The molecule has 3 nitrogen and oxygen atoms in total. The fourth-order valence-corrected chi connectivity index (χ4v) is 3.48. The summed E-state index contributed by atoms with van der Waals surface area (Å²) in [7, 11) is 0. The van der Waals surface area contributed by atoms with Crippen molar-refractivity contribution in [1.82, 2.24) is 0 Å². The van der Waals surface area contributed by atoms with Crippen LogP contribution in [0.2, 0.25) is 5.02 Å². The van der Waals surface area contributed by atoms with Gasteiger partial charge in [0.2, 0.25) is 0 Å². The number of hydroxylamine groups is 3. The normalized spacial score (nSPS) is 27.6. The Labute approximate surface area is 135 Å². The van der Waals surface area contributed by atoms with E-state index in [9.17, 15) is 5.21 Å². The van der Waals surface area contributed by atoms with Crippen molar-refractivity contribution in [3.05, 3.63) is 69.9 Å². The highest BCUT2D eigenvalue weighted by atomic mass is 35.5. The maximum Gasteiger partial charge on any atom is 0.173 e. The zero-order valence-electron chi connectivity index (χ0n) is 12.2. The summed E-state index contributed by atoms with van der Waals surface area (Å²) in [4.78, 5) is 0. The van der Waals surface area contributed by atoms with Gasteiger partial charge in [-0.05, 0) is 29.8 Å². The van der Waals surface area contributed by atoms with Crippen molar-refractivity contribution in [2.24, 2.45) is 0 Å². The van der Waals surface area contributed by atoms with Crippen LogP contribution in [0.3, 0.4) is 0 Å². The molecule has 2 atom stereocenters. The third-order valence-electron chi connectivity index (χ3n) is 4.59. The van der Waals surface area contributed by atoms with Gasteiger partial charge in [-0.2, -0.15) is 0 Å². The molecule has 2 unspecified atom stereocenters. The predicted molar refractivity (Wildman–Crippen MR) is 86.5 cm³/mol. The molecule has 1 fully saturated rings. The Hall–Kier alpha value is -1.55. The summed E-state index contributed by atoms with van der Waals surface area (Å²) in [6, 6.07) is 15.7. The van der Waals surface area contributed by atoms with E-state index in [0.29, 0.717) is 18.1 Å². The average molecular weight is 316 g/mol. The summed E-state index contributed by atoms with van der Waals surface area (Å²) >= 11 is 6.11. The summed E-state index contributed by atoms with van der Waals surface area (Å²) in [6.07, 6.45) is 1.79. The van der Waals surface area contributed by atoms with Gasteiger partial charge in [-0.1, -0.05) is 35.9 Å². The molecule has 1 aliphatic heterocycles. The fourth-order valence-electron chi connectivity index (χ4n) is 3.28. The Morgan fingerprint density at radius 3 is 2.68 bits per heavy atom. The van der Waals surface area contributed by atoms with Gasteiger partial charge in [0.15, 0.2) is 6.10 Å². The number of para-hydroxylation sites is 1. The van der Waals surface area contributed by atoms with Gasteiger partial charge in [0.1, 0.15) is 18.8 Å². The second-order valence-corrected chi connectivity index (χ2v) is 6.73. The molecular formula is C18H18ClNO2. The third-order valence-corrected chi connectivity index (χ3v) is 4.82.